The SMILES string of the molecule is Cc1n[nH]c(C)c1CC(=O)N1C[C@@H](O)[C@H](N2CCC(F)(F)CC2)C1. The molecule has 3 rings (SSSR count). The molecule has 2 fully saturated rings. The number of piperidine rings is 1. The van der Waals surface area contributed by atoms with Crippen LogP contribution in [0, 0.1) is 13.8 Å². The summed E-state index contributed by atoms with van der Waals surface area (Å²) in [6, 6.07) is -0.253. The van der Waals surface area contributed by atoms with E-state index in [2.05, 4.69) is 10.2 Å². The highest BCUT2D eigenvalue weighted by molar-refractivity contribution is 5.79. The monoisotopic (exact) mass is 342 g/mol. The summed E-state index contributed by atoms with van der Waals surface area (Å²) in [6.45, 7) is 4.89. The van der Waals surface area contributed by atoms with Crippen molar-refractivity contribution in [2.45, 2.75) is 51.2 Å². The molecule has 1 amide bonds. The van der Waals surface area contributed by atoms with Crippen molar-refractivity contribution in [3.8, 4) is 0 Å². The van der Waals surface area contributed by atoms with Crippen LogP contribution in [0.5, 0.6) is 0 Å². The van der Waals surface area contributed by atoms with Crippen molar-refractivity contribution in [3.05, 3.63) is 17.0 Å². The number of hydrogen-bond donors (Lipinski definition) is 2. The average Bonchev–Trinajstić information content (AvgIpc) is 3.05. The van der Waals surface area contributed by atoms with Crippen molar-refractivity contribution >= 4 is 5.91 Å². The number of likely N-dealkylation sites (tertiary alicyclic amines) is 2. The number of aromatic nitrogens is 2. The number of nitrogens with zero attached hydrogens (tertiary/aromatic N) is 3. The maximum absolute atomic E-state index is 13.3. The Morgan fingerprint density at radius 1 is 1.33 bits per heavy atom. The summed E-state index contributed by atoms with van der Waals surface area (Å²) in [5, 5.41) is 17.2. The highest BCUT2D eigenvalue weighted by Gasteiger charge is 2.42. The molecule has 0 saturated carbocycles. The number of aromatic amines is 1. The Kier molecular flexibility index (Phi) is 4.61. The third-order valence-electron chi connectivity index (χ3n) is 5.22. The van der Waals surface area contributed by atoms with E-state index in [4.69, 9.17) is 0 Å². The van der Waals surface area contributed by atoms with Gasteiger partial charge in [-0.3, -0.25) is 14.8 Å². The number of nitrogens with one attached hydrogen (secondary N) is 1. The van der Waals surface area contributed by atoms with Crippen LogP contribution in [0.4, 0.5) is 8.78 Å². The van der Waals surface area contributed by atoms with Gasteiger partial charge in [0.25, 0.3) is 5.92 Å². The van der Waals surface area contributed by atoms with Crippen LogP contribution in [0.15, 0.2) is 0 Å². The van der Waals surface area contributed by atoms with Crippen LogP contribution >= 0.6 is 0 Å². The van der Waals surface area contributed by atoms with Crippen LogP contribution in [0.1, 0.15) is 29.8 Å². The fraction of sp³-hybridized carbons (Fsp3) is 0.750. The molecule has 0 aromatic carbocycles. The third-order valence-corrected chi connectivity index (χ3v) is 5.22. The first-order valence-corrected chi connectivity index (χ1v) is 8.35. The predicted octanol–water partition coefficient (Wildman–Crippen LogP) is 0.872. The number of aliphatic hydroxyl groups is 1. The quantitative estimate of drug-likeness (QED) is 0.855. The molecule has 2 saturated heterocycles. The summed E-state index contributed by atoms with van der Waals surface area (Å²) in [4.78, 5) is 16.1. The Hall–Kier alpha value is -1.54. The number of aliphatic hydroxyl groups excluding tert-OH is 1. The van der Waals surface area contributed by atoms with E-state index in [1.165, 1.54) is 0 Å². The molecule has 2 atom stereocenters. The number of alkyl halides is 2. The molecular weight excluding hydrogens is 318 g/mol. The number of aryl methyl sites for hydroxylation is 2. The van der Waals surface area contributed by atoms with E-state index in [-0.39, 0.29) is 50.8 Å². The van der Waals surface area contributed by atoms with Gasteiger partial charge in [0.15, 0.2) is 0 Å². The van der Waals surface area contributed by atoms with Crippen molar-refractivity contribution in [2.75, 3.05) is 26.2 Å². The van der Waals surface area contributed by atoms with Crippen molar-refractivity contribution < 1.29 is 18.7 Å². The zero-order chi connectivity index (χ0) is 17.5. The number of amides is 1. The van der Waals surface area contributed by atoms with Gasteiger partial charge < -0.3 is 10.0 Å². The summed E-state index contributed by atoms with van der Waals surface area (Å²) in [7, 11) is 0. The number of carbonyl (C=O) groups is 1. The molecule has 2 aliphatic heterocycles. The van der Waals surface area contributed by atoms with Crippen molar-refractivity contribution in [2.24, 2.45) is 0 Å². The molecule has 2 N–H and O–H groups in total. The second kappa shape index (κ2) is 6.40. The Balaban J connectivity index is 1.60. The third kappa shape index (κ3) is 3.44. The molecular formula is C16H24F2N4O2. The number of carbonyl (C=O) groups excluding carboxylic acids is 1. The second-order valence-electron chi connectivity index (χ2n) is 6.91. The Morgan fingerprint density at radius 3 is 2.58 bits per heavy atom. The summed E-state index contributed by atoms with van der Waals surface area (Å²) < 4.78 is 26.6. The van der Waals surface area contributed by atoms with E-state index in [9.17, 15) is 18.7 Å². The van der Waals surface area contributed by atoms with E-state index in [0.29, 0.717) is 6.54 Å². The van der Waals surface area contributed by atoms with Gasteiger partial charge in [-0.1, -0.05) is 0 Å². The molecule has 24 heavy (non-hydrogen) atoms. The highest BCUT2D eigenvalue weighted by Crippen LogP contribution is 2.30. The van der Waals surface area contributed by atoms with Gasteiger partial charge in [0.2, 0.25) is 5.91 Å². The average molecular weight is 342 g/mol. The van der Waals surface area contributed by atoms with E-state index < -0.39 is 12.0 Å². The largest absolute Gasteiger partial charge is 0.390 e. The van der Waals surface area contributed by atoms with Gasteiger partial charge in [-0.25, -0.2) is 8.78 Å². The van der Waals surface area contributed by atoms with Gasteiger partial charge in [0.1, 0.15) is 0 Å². The van der Waals surface area contributed by atoms with Crippen LogP contribution in [-0.4, -0.2) is 75.3 Å². The first-order chi connectivity index (χ1) is 11.3. The van der Waals surface area contributed by atoms with Crippen LogP contribution in [0.2, 0.25) is 0 Å². The first kappa shape index (κ1) is 17.3. The van der Waals surface area contributed by atoms with Crippen molar-refractivity contribution in [1.82, 2.24) is 20.0 Å². The van der Waals surface area contributed by atoms with E-state index in [0.717, 1.165) is 17.0 Å². The lowest BCUT2D eigenvalue weighted by molar-refractivity contribution is -0.130. The predicted molar refractivity (Wildman–Crippen MR) is 83.9 cm³/mol. The smallest absolute Gasteiger partial charge is 0.250 e. The van der Waals surface area contributed by atoms with E-state index >= 15 is 0 Å². The van der Waals surface area contributed by atoms with Crippen LogP contribution in [0.3, 0.4) is 0 Å². The minimum atomic E-state index is -2.61. The molecule has 0 spiro atoms. The lowest BCUT2D eigenvalue weighted by Crippen LogP contribution is -2.49. The van der Waals surface area contributed by atoms with Crippen LogP contribution in [0.25, 0.3) is 0 Å². The standard InChI is InChI=1S/C16H24F2N4O2/c1-10-12(11(2)20-19-10)7-15(24)22-8-13(14(23)9-22)21-5-3-16(17,18)4-6-21/h13-14,23H,3-9H2,1-2H3,(H,19,20)/t13-,14-/m1/s1. The minimum absolute atomic E-state index is 0.0634. The fourth-order valence-electron chi connectivity index (χ4n) is 3.61. The van der Waals surface area contributed by atoms with Crippen LogP contribution < -0.4 is 0 Å². The number of rotatable bonds is 3. The summed E-state index contributed by atoms with van der Waals surface area (Å²) >= 11 is 0. The first-order valence-electron chi connectivity index (χ1n) is 8.35. The van der Waals surface area contributed by atoms with Crippen molar-refractivity contribution in [1.29, 1.82) is 0 Å². The molecule has 1 aromatic rings. The lowest BCUT2D eigenvalue weighted by Gasteiger charge is -2.36. The second-order valence-corrected chi connectivity index (χ2v) is 6.91. The maximum Gasteiger partial charge on any atom is 0.250 e. The minimum Gasteiger partial charge on any atom is -0.390 e. The van der Waals surface area contributed by atoms with Gasteiger partial charge >= 0.3 is 0 Å². The molecule has 0 bridgehead atoms. The number of β-amino-alcohol motifs (C(OH)–C–C–N with tert-alkyl or cyclic N) is 1. The Labute approximate surface area is 139 Å². The van der Waals surface area contributed by atoms with Crippen LogP contribution in [-0.2, 0) is 11.2 Å². The fourth-order valence-corrected chi connectivity index (χ4v) is 3.61. The number of hydrogen-bond acceptors (Lipinski definition) is 4. The molecule has 0 unspecified atom stereocenters. The van der Waals surface area contributed by atoms with Gasteiger partial charge in [-0.2, -0.15) is 5.10 Å². The van der Waals surface area contributed by atoms with Gasteiger partial charge in [0.05, 0.1) is 24.3 Å². The molecule has 0 aliphatic carbocycles. The van der Waals surface area contributed by atoms with Gasteiger partial charge in [-0.05, 0) is 13.8 Å². The number of H-pyrrole nitrogens is 1. The van der Waals surface area contributed by atoms with E-state index in [1.54, 1.807) is 4.90 Å². The summed E-state index contributed by atoms with van der Waals surface area (Å²) in [5.41, 5.74) is 2.56. The Bertz CT molecular complexity index is 590. The summed E-state index contributed by atoms with van der Waals surface area (Å²) in [6.07, 6.45) is -0.812. The molecule has 134 valence electrons. The topological polar surface area (TPSA) is 72.5 Å². The van der Waals surface area contributed by atoms with Gasteiger partial charge in [-0.15, -0.1) is 0 Å². The maximum atomic E-state index is 13.3. The molecule has 2 aliphatic rings. The highest BCUT2D eigenvalue weighted by atomic mass is 19.3. The molecule has 6 nitrogen and oxygen atoms in total. The molecule has 8 heteroatoms. The van der Waals surface area contributed by atoms with Gasteiger partial charge in [0, 0.05) is 50.3 Å². The van der Waals surface area contributed by atoms with Crippen molar-refractivity contribution in [3.63, 3.8) is 0 Å². The zero-order valence-corrected chi connectivity index (χ0v) is 14.1. The number of halogens is 2. The molecule has 0 radical (unpaired) electrons. The summed E-state index contributed by atoms with van der Waals surface area (Å²) in [5.74, 6) is -2.67. The molecule has 1 aromatic heterocycles. The lowest BCUT2D eigenvalue weighted by atomic mass is 10.0. The molecule has 3 heterocycles. The normalized spacial score (nSPS) is 27.6. The van der Waals surface area contributed by atoms with E-state index in [1.807, 2.05) is 18.7 Å². The Morgan fingerprint density at radius 2 is 2.00 bits per heavy atom. The zero-order valence-electron chi connectivity index (χ0n) is 14.1.